The quantitative estimate of drug-likeness (QED) is 0.526. The summed E-state index contributed by atoms with van der Waals surface area (Å²) in [6, 6.07) is 16.3. The van der Waals surface area contributed by atoms with Gasteiger partial charge in [0, 0.05) is 38.2 Å². The van der Waals surface area contributed by atoms with Crippen LogP contribution >= 0.6 is 11.6 Å². The molecule has 0 radical (unpaired) electrons. The van der Waals surface area contributed by atoms with Crippen molar-refractivity contribution in [3.63, 3.8) is 0 Å². The van der Waals surface area contributed by atoms with Gasteiger partial charge in [0.15, 0.2) is 0 Å². The van der Waals surface area contributed by atoms with Gasteiger partial charge in [-0.25, -0.2) is 14.6 Å². The minimum absolute atomic E-state index is 0.0531. The van der Waals surface area contributed by atoms with Crippen LogP contribution in [0.15, 0.2) is 66.9 Å². The maximum atomic E-state index is 12.5. The van der Waals surface area contributed by atoms with Crippen molar-refractivity contribution in [1.82, 2.24) is 9.88 Å². The molecule has 9 heteroatoms. The van der Waals surface area contributed by atoms with E-state index >= 15 is 0 Å². The number of amides is 1. The highest BCUT2D eigenvalue weighted by Crippen LogP contribution is 2.24. The lowest BCUT2D eigenvalue weighted by Crippen LogP contribution is -2.43. The van der Waals surface area contributed by atoms with E-state index < -0.39 is 12.1 Å². The van der Waals surface area contributed by atoms with Crippen molar-refractivity contribution in [1.29, 1.82) is 0 Å². The van der Waals surface area contributed by atoms with Crippen molar-refractivity contribution in [2.24, 2.45) is 0 Å². The van der Waals surface area contributed by atoms with Crippen LogP contribution in [0, 0.1) is 0 Å². The summed E-state index contributed by atoms with van der Waals surface area (Å²) in [6.45, 7) is 1.00. The van der Waals surface area contributed by atoms with Crippen molar-refractivity contribution in [2.45, 2.75) is 18.9 Å². The van der Waals surface area contributed by atoms with E-state index in [-0.39, 0.29) is 11.7 Å². The summed E-state index contributed by atoms with van der Waals surface area (Å²) >= 11 is 5.81. The molecule has 1 N–H and O–H groups in total. The molecule has 0 unspecified atom stereocenters. The Morgan fingerprint density at radius 3 is 2.15 bits per heavy atom. The second kappa shape index (κ2) is 10.2. The molecule has 3 aromatic rings. The number of aromatic carboxylic acids is 1. The van der Waals surface area contributed by atoms with Gasteiger partial charge in [0.1, 0.15) is 23.4 Å². The van der Waals surface area contributed by atoms with Crippen LogP contribution in [0.4, 0.5) is 4.79 Å². The predicted molar refractivity (Wildman–Crippen MR) is 120 cm³/mol. The molecular formula is C24H21ClN2O6. The predicted octanol–water partition coefficient (Wildman–Crippen LogP) is 5.27. The summed E-state index contributed by atoms with van der Waals surface area (Å²) in [7, 11) is 0. The summed E-state index contributed by atoms with van der Waals surface area (Å²) in [5.74, 6) is 1.01. The van der Waals surface area contributed by atoms with Gasteiger partial charge in [0.25, 0.3) is 0 Å². The number of hydrogen-bond acceptors (Lipinski definition) is 6. The molecule has 1 aliphatic rings. The Morgan fingerprint density at radius 2 is 1.55 bits per heavy atom. The molecule has 0 bridgehead atoms. The lowest BCUT2D eigenvalue weighted by Gasteiger charge is -2.31. The number of aromatic nitrogens is 1. The molecule has 0 saturated carbocycles. The Morgan fingerprint density at radius 1 is 0.909 bits per heavy atom. The number of piperidine rings is 1. The van der Waals surface area contributed by atoms with E-state index in [4.69, 9.17) is 30.9 Å². The fourth-order valence-corrected chi connectivity index (χ4v) is 3.42. The largest absolute Gasteiger partial charge is 0.490 e. The fraction of sp³-hybridized carbons (Fsp3) is 0.208. The average molecular weight is 469 g/mol. The standard InChI is InChI=1S/C24H21ClN2O6/c25-17-3-10-22(26-15-17)32-19-6-8-20(9-7-19)33-24(30)27-13-11-21(12-14-27)31-18-4-1-16(2-5-18)23(28)29/h1-10,15,21H,11-14H2,(H,28,29). The van der Waals surface area contributed by atoms with Crippen molar-refractivity contribution < 1.29 is 28.9 Å². The first-order valence-corrected chi connectivity index (χ1v) is 10.7. The molecule has 33 heavy (non-hydrogen) atoms. The third kappa shape index (κ3) is 6.14. The summed E-state index contributed by atoms with van der Waals surface area (Å²) in [5.41, 5.74) is 0.209. The number of carboxylic acids is 1. The topological polar surface area (TPSA) is 98.2 Å². The molecule has 170 valence electrons. The number of likely N-dealkylation sites (tertiary alicyclic amines) is 1. The number of hydrogen-bond donors (Lipinski definition) is 1. The maximum absolute atomic E-state index is 12.5. The number of rotatable bonds is 6. The smallest absolute Gasteiger partial charge is 0.415 e. The number of carbonyl (C=O) groups excluding carboxylic acids is 1. The zero-order chi connectivity index (χ0) is 23.2. The van der Waals surface area contributed by atoms with Gasteiger partial charge in [-0.3, -0.25) is 0 Å². The third-order valence-corrected chi connectivity index (χ3v) is 5.28. The van der Waals surface area contributed by atoms with Crippen molar-refractivity contribution in [2.75, 3.05) is 13.1 Å². The first-order chi connectivity index (χ1) is 16.0. The Bertz CT molecular complexity index is 1100. The van der Waals surface area contributed by atoms with E-state index in [0.717, 1.165) is 0 Å². The molecule has 2 aromatic carbocycles. The van der Waals surface area contributed by atoms with E-state index in [2.05, 4.69) is 4.98 Å². The number of carboxylic acid groups (broad SMARTS) is 1. The van der Waals surface area contributed by atoms with E-state index in [9.17, 15) is 9.59 Å². The summed E-state index contributed by atoms with van der Waals surface area (Å²) in [6.07, 6.45) is 2.32. The minimum Gasteiger partial charge on any atom is -0.490 e. The Hall–Kier alpha value is -3.78. The summed E-state index contributed by atoms with van der Waals surface area (Å²) in [4.78, 5) is 29.1. The lowest BCUT2D eigenvalue weighted by molar-refractivity contribution is 0.0696. The van der Waals surface area contributed by atoms with Crippen molar-refractivity contribution in [3.05, 3.63) is 77.4 Å². The van der Waals surface area contributed by atoms with Crippen LogP contribution in [0.2, 0.25) is 5.02 Å². The average Bonchev–Trinajstić information content (AvgIpc) is 2.82. The lowest BCUT2D eigenvalue weighted by atomic mass is 10.1. The SMILES string of the molecule is O=C(O)c1ccc(OC2CCN(C(=O)Oc3ccc(Oc4ccc(Cl)cn4)cc3)CC2)cc1. The Kier molecular flexibility index (Phi) is 6.95. The highest BCUT2D eigenvalue weighted by molar-refractivity contribution is 6.30. The molecule has 1 fully saturated rings. The zero-order valence-electron chi connectivity index (χ0n) is 17.5. The molecule has 8 nitrogen and oxygen atoms in total. The molecular weight excluding hydrogens is 448 g/mol. The van der Waals surface area contributed by atoms with Gasteiger partial charge in [0.2, 0.25) is 5.88 Å². The van der Waals surface area contributed by atoms with Crippen LogP contribution in [-0.4, -0.2) is 46.2 Å². The van der Waals surface area contributed by atoms with Crippen LogP contribution in [0.1, 0.15) is 23.2 Å². The van der Waals surface area contributed by atoms with E-state index in [1.54, 1.807) is 53.4 Å². The van der Waals surface area contributed by atoms with Crippen LogP contribution in [0.5, 0.6) is 23.1 Å². The maximum Gasteiger partial charge on any atom is 0.415 e. The molecule has 1 aliphatic heterocycles. The van der Waals surface area contributed by atoms with Gasteiger partial charge in [-0.15, -0.1) is 0 Å². The number of nitrogens with zero attached hydrogens (tertiary/aromatic N) is 2. The normalized spacial score (nSPS) is 13.9. The number of pyridine rings is 1. The van der Waals surface area contributed by atoms with Gasteiger partial charge >= 0.3 is 12.1 Å². The number of benzene rings is 2. The summed E-state index contributed by atoms with van der Waals surface area (Å²) < 4.78 is 17.0. The molecule has 2 heterocycles. The van der Waals surface area contributed by atoms with E-state index in [1.807, 2.05) is 0 Å². The van der Waals surface area contributed by atoms with Crippen molar-refractivity contribution >= 4 is 23.7 Å². The highest BCUT2D eigenvalue weighted by atomic mass is 35.5. The molecule has 1 amide bonds. The second-order valence-corrected chi connectivity index (χ2v) is 7.83. The number of halogens is 1. The van der Waals surface area contributed by atoms with Crippen LogP contribution in [0.3, 0.4) is 0 Å². The van der Waals surface area contributed by atoms with E-state index in [0.29, 0.717) is 54.1 Å². The summed E-state index contributed by atoms with van der Waals surface area (Å²) in [5, 5.41) is 9.49. The molecule has 0 spiro atoms. The van der Waals surface area contributed by atoms with Crippen LogP contribution < -0.4 is 14.2 Å². The molecule has 0 aliphatic carbocycles. The van der Waals surface area contributed by atoms with Gasteiger partial charge < -0.3 is 24.2 Å². The van der Waals surface area contributed by atoms with Crippen LogP contribution in [-0.2, 0) is 0 Å². The second-order valence-electron chi connectivity index (χ2n) is 7.39. The molecule has 0 atom stereocenters. The number of carbonyl (C=O) groups is 2. The monoisotopic (exact) mass is 468 g/mol. The van der Waals surface area contributed by atoms with Crippen LogP contribution in [0.25, 0.3) is 0 Å². The van der Waals surface area contributed by atoms with E-state index in [1.165, 1.54) is 18.3 Å². The van der Waals surface area contributed by atoms with Gasteiger partial charge in [-0.1, -0.05) is 11.6 Å². The molecule has 1 aromatic heterocycles. The third-order valence-electron chi connectivity index (χ3n) is 5.06. The molecule has 4 rings (SSSR count). The van der Waals surface area contributed by atoms with Crippen molar-refractivity contribution in [3.8, 4) is 23.1 Å². The Labute approximate surface area is 195 Å². The zero-order valence-corrected chi connectivity index (χ0v) is 18.3. The minimum atomic E-state index is -0.978. The first kappa shape index (κ1) is 22.4. The van der Waals surface area contributed by atoms with Gasteiger partial charge in [-0.2, -0.15) is 0 Å². The van der Waals surface area contributed by atoms with Gasteiger partial charge in [-0.05, 0) is 54.6 Å². The first-order valence-electron chi connectivity index (χ1n) is 10.3. The Balaban J connectivity index is 1.24. The molecule has 1 saturated heterocycles. The number of ether oxygens (including phenoxy) is 3. The highest BCUT2D eigenvalue weighted by Gasteiger charge is 2.25. The van der Waals surface area contributed by atoms with Gasteiger partial charge in [0.05, 0.1) is 10.6 Å². The fourth-order valence-electron chi connectivity index (χ4n) is 3.31.